The number of hydrogen-bond acceptors (Lipinski definition) is 2. The molecule has 2 unspecified atom stereocenters. The van der Waals surface area contributed by atoms with Crippen LogP contribution in [0, 0.1) is 0 Å². The van der Waals surface area contributed by atoms with Crippen LogP contribution in [0.25, 0.3) is 0 Å². The average molecular weight is 260 g/mol. The number of hydrogen-bond donors (Lipinski definition) is 1. The number of aliphatic hydroxyl groups is 1. The number of rotatable bonds is 6. The van der Waals surface area contributed by atoms with Gasteiger partial charge in [0.2, 0.25) is 0 Å². The molecule has 0 bridgehead atoms. The van der Waals surface area contributed by atoms with Crippen LogP contribution in [0.2, 0.25) is 0 Å². The molecule has 0 radical (unpaired) electrons. The third-order valence-electron chi connectivity index (χ3n) is 3.40. The van der Waals surface area contributed by atoms with E-state index in [0.29, 0.717) is 0 Å². The van der Waals surface area contributed by atoms with Crippen LogP contribution in [-0.2, 0) is 6.42 Å². The molecular weight excluding hydrogens is 240 g/mol. The summed E-state index contributed by atoms with van der Waals surface area (Å²) in [5, 5.41) is 12.5. The summed E-state index contributed by atoms with van der Waals surface area (Å²) in [6, 6.07) is 14.6. The van der Waals surface area contributed by atoms with E-state index in [2.05, 4.69) is 36.6 Å². The van der Waals surface area contributed by atoms with Crippen LogP contribution in [0.5, 0.6) is 0 Å². The van der Waals surface area contributed by atoms with Crippen LogP contribution in [0.3, 0.4) is 0 Å². The molecule has 1 nitrogen and oxygen atoms in total. The summed E-state index contributed by atoms with van der Waals surface area (Å²) in [5.74, 6) is 0.256. The molecule has 96 valence electrons. The average Bonchev–Trinajstić information content (AvgIpc) is 2.92. The highest BCUT2D eigenvalue weighted by Crippen LogP contribution is 2.26. The standard InChI is InChI=1S/C16H20OS/c1-2-15(13-7-4-3-5-8-13)16(17)11-10-14-9-6-12-18-14/h3-9,12,15-17H,2,10-11H2,1H3. The lowest BCUT2D eigenvalue weighted by atomic mass is 9.88. The highest BCUT2D eigenvalue weighted by atomic mass is 32.1. The SMILES string of the molecule is CCC(c1ccccc1)C(O)CCc1cccs1. The van der Waals surface area contributed by atoms with Crippen LogP contribution < -0.4 is 0 Å². The van der Waals surface area contributed by atoms with Gasteiger partial charge in [0.05, 0.1) is 6.10 Å². The van der Waals surface area contributed by atoms with Crippen molar-refractivity contribution in [3.63, 3.8) is 0 Å². The Kier molecular flexibility index (Phi) is 4.97. The molecule has 0 saturated carbocycles. The summed E-state index contributed by atoms with van der Waals surface area (Å²) in [4.78, 5) is 1.36. The maximum atomic E-state index is 10.4. The molecule has 0 fully saturated rings. The maximum absolute atomic E-state index is 10.4. The van der Waals surface area contributed by atoms with Crippen molar-refractivity contribution in [1.82, 2.24) is 0 Å². The van der Waals surface area contributed by atoms with E-state index in [1.54, 1.807) is 11.3 Å². The van der Waals surface area contributed by atoms with Crippen molar-refractivity contribution in [3.05, 3.63) is 58.3 Å². The molecule has 2 atom stereocenters. The molecule has 0 amide bonds. The van der Waals surface area contributed by atoms with Gasteiger partial charge in [-0.3, -0.25) is 0 Å². The third kappa shape index (κ3) is 3.44. The normalized spacial score (nSPS) is 14.3. The van der Waals surface area contributed by atoms with Crippen LogP contribution >= 0.6 is 11.3 Å². The van der Waals surface area contributed by atoms with E-state index in [-0.39, 0.29) is 12.0 Å². The fourth-order valence-electron chi connectivity index (χ4n) is 2.38. The molecule has 2 aromatic rings. The van der Waals surface area contributed by atoms with Gasteiger partial charge in [-0.15, -0.1) is 11.3 Å². The molecular formula is C16H20OS. The number of aryl methyl sites for hydroxylation is 1. The zero-order valence-electron chi connectivity index (χ0n) is 10.8. The van der Waals surface area contributed by atoms with Crippen molar-refractivity contribution >= 4 is 11.3 Å². The van der Waals surface area contributed by atoms with E-state index < -0.39 is 0 Å². The molecule has 1 heterocycles. The lowest BCUT2D eigenvalue weighted by molar-refractivity contribution is 0.131. The van der Waals surface area contributed by atoms with Gasteiger partial charge in [-0.25, -0.2) is 0 Å². The molecule has 18 heavy (non-hydrogen) atoms. The summed E-state index contributed by atoms with van der Waals surface area (Å²) < 4.78 is 0. The van der Waals surface area contributed by atoms with Crippen LogP contribution in [-0.4, -0.2) is 11.2 Å². The summed E-state index contributed by atoms with van der Waals surface area (Å²) in [6.07, 6.45) is 2.55. The van der Waals surface area contributed by atoms with Gasteiger partial charge in [0.15, 0.2) is 0 Å². The van der Waals surface area contributed by atoms with Gasteiger partial charge in [0.1, 0.15) is 0 Å². The largest absolute Gasteiger partial charge is 0.392 e. The van der Waals surface area contributed by atoms with Crippen LogP contribution in [0.1, 0.15) is 36.1 Å². The summed E-state index contributed by atoms with van der Waals surface area (Å²) in [5.41, 5.74) is 1.25. The predicted molar refractivity (Wildman–Crippen MR) is 78.1 cm³/mol. The molecule has 0 aliphatic rings. The van der Waals surface area contributed by atoms with Crippen molar-refractivity contribution in [2.75, 3.05) is 0 Å². The Hall–Kier alpha value is -1.12. The van der Waals surface area contributed by atoms with Gasteiger partial charge in [-0.1, -0.05) is 43.3 Å². The second kappa shape index (κ2) is 6.72. The predicted octanol–water partition coefficient (Wildman–Crippen LogP) is 4.24. The Balaban J connectivity index is 1.95. The number of benzene rings is 1. The molecule has 0 saturated heterocycles. The molecule has 0 aliphatic carbocycles. The number of thiophene rings is 1. The van der Waals surface area contributed by atoms with Gasteiger partial charge >= 0.3 is 0 Å². The Morgan fingerprint density at radius 2 is 1.89 bits per heavy atom. The summed E-state index contributed by atoms with van der Waals surface area (Å²) in [6.45, 7) is 2.14. The minimum absolute atomic E-state index is 0.250. The van der Waals surface area contributed by atoms with E-state index in [1.807, 2.05) is 18.2 Å². The van der Waals surface area contributed by atoms with Gasteiger partial charge in [0.25, 0.3) is 0 Å². The van der Waals surface area contributed by atoms with Gasteiger partial charge < -0.3 is 5.11 Å². The first kappa shape index (κ1) is 13.3. The second-order valence-corrected chi connectivity index (χ2v) is 5.64. The molecule has 2 heteroatoms. The van der Waals surface area contributed by atoms with Gasteiger partial charge in [-0.2, -0.15) is 0 Å². The molecule has 1 aromatic carbocycles. The highest BCUT2D eigenvalue weighted by molar-refractivity contribution is 7.09. The van der Waals surface area contributed by atoms with Crippen molar-refractivity contribution in [3.8, 4) is 0 Å². The Labute approximate surface area is 113 Å². The smallest absolute Gasteiger partial charge is 0.0612 e. The fraction of sp³-hybridized carbons (Fsp3) is 0.375. The second-order valence-electron chi connectivity index (χ2n) is 4.61. The molecule has 1 N–H and O–H groups in total. The van der Waals surface area contributed by atoms with E-state index in [0.717, 1.165) is 19.3 Å². The minimum atomic E-state index is -0.250. The Morgan fingerprint density at radius 1 is 1.11 bits per heavy atom. The van der Waals surface area contributed by atoms with E-state index in [9.17, 15) is 5.11 Å². The molecule has 2 rings (SSSR count). The van der Waals surface area contributed by atoms with E-state index in [4.69, 9.17) is 0 Å². The Morgan fingerprint density at radius 3 is 2.50 bits per heavy atom. The third-order valence-corrected chi connectivity index (χ3v) is 4.33. The first-order chi connectivity index (χ1) is 8.81. The quantitative estimate of drug-likeness (QED) is 0.824. The maximum Gasteiger partial charge on any atom is 0.0612 e. The lowest BCUT2D eigenvalue weighted by Gasteiger charge is -2.21. The van der Waals surface area contributed by atoms with Crippen molar-refractivity contribution in [2.45, 2.75) is 38.2 Å². The zero-order chi connectivity index (χ0) is 12.8. The topological polar surface area (TPSA) is 20.2 Å². The van der Waals surface area contributed by atoms with Gasteiger partial charge in [-0.05, 0) is 36.3 Å². The van der Waals surface area contributed by atoms with Crippen LogP contribution in [0.15, 0.2) is 47.8 Å². The van der Waals surface area contributed by atoms with Gasteiger partial charge in [0, 0.05) is 10.8 Å². The molecule has 1 aromatic heterocycles. The number of aliphatic hydroxyl groups excluding tert-OH is 1. The van der Waals surface area contributed by atoms with E-state index >= 15 is 0 Å². The van der Waals surface area contributed by atoms with E-state index in [1.165, 1.54) is 10.4 Å². The van der Waals surface area contributed by atoms with Crippen molar-refractivity contribution < 1.29 is 5.11 Å². The summed E-state index contributed by atoms with van der Waals surface area (Å²) >= 11 is 1.77. The molecule has 0 spiro atoms. The zero-order valence-corrected chi connectivity index (χ0v) is 11.6. The van der Waals surface area contributed by atoms with Crippen molar-refractivity contribution in [2.24, 2.45) is 0 Å². The first-order valence-corrected chi connectivity index (χ1v) is 7.44. The van der Waals surface area contributed by atoms with Crippen molar-refractivity contribution in [1.29, 1.82) is 0 Å². The first-order valence-electron chi connectivity index (χ1n) is 6.56. The Bertz CT molecular complexity index is 435. The molecule has 0 aliphatic heterocycles. The minimum Gasteiger partial charge on any atom is -0.392 e. The van der Waals surface area contributed by atoms with Crippen LogP contribution in [0.4, 0.5) is 0 Å². The highest BCUT2D eigenvalue weighted by Gasteiger charge is 2.18. The monoisotopic (exact) mass is 260 g/mol. The fourth-order valence-corrected chi connectivity index (χ4v) is 3.10. The lowest BCUT2D eigenvalue weighted by Crippen LogP contribution is -2.18. The summed E-state index contributed by atoms with van der Waals surface area (Å²) in [7, 11) is 0.